The standard InChI is InChI=1S/C20H14N6O/c1-14-10-12-22-20-24-18(25-26(14)20)19(27)23-17-7-4-5-15(13-17)8-9-16-6-2-3-11-21-16/h2-7,10-13H,1H3,(H,23,27). The summed E-state index contributed by atoms with van der Waals surface area (Å²) < 4.78 is 1.53. The van der Waals surface area contributed by atoms with Crippen LogP contribution >= 0.6 is 0 Å². The molecule has 7 heteroatoms. The molecule has 0 bridgehead atoms. The lowest BCUT2D eigenvalue weighted by molar-refractivity contribution is 0.101. The maximum absolute atomic E-state index is 12.5. The third-order valence-corrected chi connectivity index (χ3v) is 3.75. The number of benzene rings is 1. The van der Waals surface area contributed by atoms with Gasteiger partial charge in [-0.3, -0.25) is 4.79 Å². The highest BCUT2D eigenvalue weighted by Crippen LogP contribution is 2.11. The van der Waals surface area contributed by atoms with Crippen LogP contribution in [0.4, 0.5) is 5.69 Å². The quantitative estimate of drug-likeness (QED) is 0.559. The largest absolute Gasteiger partial charge is 0.319 e. The van der Waals surface area contributed by atoms with Crippen molar-refractivity contribution in [1.29, 1.82) is 0 Å². The van der Waals surface area contributed by atoms with Crippen molar-refractivity contribution in [3.8, 4) is 11.8 Å². The van der Waals surface area contributed by atoms with Crippen molar-refractivity contribution in [3.05, 3.63) is 83.7 Å². The van der Waals surface area contributed by atoms with Crippen LogP contribution in [-0.4, -0.2) is 30.5 Å². The first-order valence-corrected chi connectivity index (χ1v) is 8.22. The van der Waals surface area contributed by atoms with E-state index in [0.717, 1.165) is 11.3 Å². The van der Waals surface area contributed by atoms with Crippen molar-refractivity contribution < 1.29 is 4.79 Å². The Bertz CT molecular complexity index is 1190. The molecule has 130 valence electrons. The van der Waals surface area contributed by atoms with Crippen molar-refractivity contribution in [2.45, 2.75) is 6.92 Å². The second-order valence-corrected chi connectivity index (χ2v) is 5.73. The Labute approximate surface area is 155 Å². The normalized spacial score (nSPS) is 10.3. The molecule has 1 amide bonds. The van der Waals surface area contributed by atoms with Gasteiger partial charge >= 0.3 is 0 Å². The van der Waals surface area contributed by atoms with Crippen molar-refractivity contribution in [2.75, 3.05) is 5.32 Å². The Morgan fingerprint density at radius 3 is 2.78 bits per heavy atom. The lowest BCUT2D eigenvalue weighted by Crippen LogP contribution is -2.14. The fraction of sp³-hybridized carbons (Fsp3) is 0.0500. The minimum atomic E-state index is -0.408. The van der Waals surface area contributed by atoms with Gasteiger partial charge in [0.15, 0.2) is 0 Å². The maximum atomic E-state index is 12.5. The maximum Gasteiger partial charge on any atom is 0.295 e. The molecule has 1 aromatic carbocycles. The summed E-state index contributed by atoms with van der Waals surface area (Å²) in [4.78, 5) is 24.9. The average molecular weight is 354 g/mol. The Morgan fingerprint density at radius 2 is 1.96 bits per heavy atom. The number of carbonyl (C=O) groups excluding carboxylic acids is 1. The Hall–Kier alpha value is -4.05. The number of aromatic nitrogens is 5. The molecule has 0 atom stereocenters. The zero-order chi connectivity index (χ0) is 18.6. The van der Waals surface area contributed by atoms with Crippen LogP contribution in [0.15, 0.2) is 60.9 Å². The smallest absolute Gasteiger partial charge is 0.295 e. The molecule has 3 heterocycles. The number of pyridine rings is 1. The number of fused-ring (bicyclic) bond motifs is 1. The summed E-state index contributed by atoms with van der Waals surface area (Å²) in [7, 11) is 0. The first kappa shape index (κ1) is 16.4. The molecular formula is C20H14N6O. The van der Waals surface area contributed by atoms with Crippen LogP contribution in [0.1, 0.15) is 27.6 Å². The molecule has 0 aliphatic heterocycles. The van der Waals surface area contributed by atoms with Gasteiger partial charge in [-0.1, -0.05) is 18.1 Å². The molecule has 0 radical (unpaired) electrons. The summed E-state index contributed by atoms with van der Waals surface area (Å²) >= 11 is 0. The van der Waals surface area contributed by atoms with Crippen molar-refractivity contribution in [2.24, 2.45) is 0 Å². The summed E-state index contributed by atoms with van der Waals surface area (Å²) in [6.07, 6.45) is 3.32. The van der Waals surface area contributed by atoms with E-state index in [1.807, 2.05) is 37.3 Å². The predicted octanol–water partition coefficient (Wildman–Crippen LogP) is 2.48. The molecule has 3 aromatic heterocycles. The van der Waals surface area contributed by atoms with Crippen LogP contribution in [0.3, 0.4) is 0 Å². The highest BCUT2D eigenvalue weighted by molar-refractivity contribution is 6.01. The highest BCUT2D eigenvalue weighted by atomic mass is 16.2. The Balaban J connectivity index is 1.55. The third-order valence-electron chi connectivity index (χ3n) is 3.75. The minimum absolute atomic E-state index is 0.0572. The SMILES string of the molecule is Cc1ccnc2nc(C(=O)Nc3cccc(C#Cc4ccccn4)c3)nn12. The van der Waals surface area contributed by atoms with Gasteiger partial charge in [-0.25, -0.2) is 14.5 Å². The molecule has 0 fully saturated rings. The number of hydrogen-bond donors (Lipinski definition) is 1. The molecule has 4 rings (SSSR count). The number of aryl methyl sites for hydroxylation is 1. The number of hydrogen-bond acceptors (Lipinski definition) is 5. The van der Waals surface area contributed by atoms with Gasteiger partial charge < -0.3 is 5.32 Å². The lowest BCUT2D eigenvalue weighted by atomic mass is 10.2. The second kappa shape index (κ2) is 7.06. The van der Waals surface area contributed by atoms with E-state index < -0.39 is 5.91 Å². The van der Waals surface area contributed by atoms with Gasteiger partial charge in [0.25, 0.3) is 11.7 Å². The van der Waals surface area contributed by atoms with Crippen LogP contribution in [0.25, 0.3) is 5.78 Å². The monoisotopic (exact) mass is 354 g/mol. The molecule has 27 heavy (non-hydrogen) atoms. The zero-order valence-electron chi connectivity index (χ0n) is 14.4. The van der Waals surface area contributed by atoms with Crippen molar-refractivity contribution in [1.82, 2.24) is 24.6 Å². The fourth-order valence-corrected chi connectivity index (χ4v) is 2.44. The molecule has 0 unspecified atom stereocenters. The molecule has 0 spiro atoms. The van der Waals surface area contributed by atoms with Gasteiger partial charge in [0, 0.05) is 29.3 Å². The number of anilines is 1. The molecule has 0 saturated carbocycles. The van der Waals surface area contributed by atoms with E-state index in [2.05, 4.69) is 37.2 Å². The Kier molecular flexibility index (Phi) is 4.29. The van der Waals surface area contributed by atoms with E-state index in [1.165, 1.54) is 4.52 Å². The van der Waals surface area contributed by atoms with E-state index in [0.29, 0.717) is 17.2 Å². The number of carbonyl (C=O) groups is 1. The second-order valence-electron chi connectivity index (χ2n) is 5.73. The van der Waals surface area contributed by atoms with Gasteiger partial charge in [0.1, 0.15) is 5.69 Å². The Morgan fingerprint density at radius 1 is 1.04 bits per heavy atom. The van der Waals surface area contributed by atoms with Gasteiger partial charge in [0.2, 0.25) is 5.82 Å². The van der Waals surface area contributed by atoms with E-state index in [4.69, 9.17) is 0 Å². The van der Waals surface area contributed by atoms with E-state index in [9.17, 15) is 4.79 Å². The van der Waals surface area contributed by atoms with E-state index >= 15 is 0 Å². The highest BCUT2D eigenvalue weighted by Gasteiger charge is 2.14. The summed E-state index contributed by atoms with van der Waals surface area (Å²) in [5.74, 6) is 6.06. The molecule has 4 aromatic rings. The van der Waals surface area contributed by atoms with Gasteiger partial charge in [0.05, 0.1) is 0 Å². The van der Waals surface area contributed by atoms with Crippen LogP contribution < -0.4 is 5.32 Å². The van der Waals surface area contributed by atoms with Crippen molar-refractivity contribution in [3.63, 3.8) is 0 Å². The number of nitrogens with zero attached hydrogens (tertiary/aromatic N) is 5. The fourth-order valence-electron chi connectivity index (χ4n) is 2.44. The number of nitrogens with one attached hydrogen (secondary N) is 1. The van der Waals surface area contributed by atoms with Crippen LogP contribution in [0.5, 0.6) is 0 Å². The van der Waals surface area contributed by atoms with Gasteiger partial charge in [-0.2, -0.15) is 4.98 Å². The summed E-state index contributed by atoms with van der Waals surface area (Å²) in [6, 6.07) is 14.6. The van der Waals surface area contributed by atoms with Crippen LogP contribution in [0, 0.1) is 18.8 Å². The topological polar surface area (TPSA) is 85.1 Å². The van der Waals surface area contributed by atoms with Gasteiger partial charge in [-0.15, -0.1) is 5.10 Å². The number of rotatable bonds is 2. The first-order valence-electron chi connectivity index (χ1n) is 8.22. The van der Waals surface area contributed by atoms with E-state index in [-0.39, 0.29) is 5.82 Å². The zero-order valence-corrected chi connectivity index (χ0v) is 14.4. The number of amides is 1. The van der Waals surface area contributed by atoms with E-state index in [1.54, 1.807) is 30.6 Å². The molecular weight excluding hydrogens is 340 g/mol. The molecule has 0 saturated heterocycles. The predicted molar refractivity (Wildman–Crippen MR) is 100 cm³/mol. The molecule has 7 nitrogen and oxygen atoms in total. The summed E-state index contributed by atoms with van der Waals surface area (Å²) in [5, 5.41) is 6.99. The van der Waals surface area contributed by atoms with Crippen LogP contribution in [-0.2, 0) is 0 Å². The molecule has 1 N–H and O–H groups in total. The summed E-state index contributed by atoms with van der Waals surface area (Å²) in [5.41, 5.74) is 2.90. The molecule has 0 aliphatic rings. The third kappa shape index (κ3) is 3.65. The van der Waals surface area contributed by atoms with Crippen molar-refractivity contribution >= 4 is 17.4 Å². The average Bonchev–Trinajstić information content (AvgIpc) is 3.14. The first-order chi connectivity index (χ1) is 13.2. The van der Waals surface area contributed by atoms with Gasteiger partial charge in [-0.05, 0) is 49.2 Å². The summed E-state index contributed by atoms with van der Waals surface area (Å²) in [6.45, 7) is 1.87. The lowest BCUT2D eigenvalue weighted by Gasteiger charge is -2.02. The minimum Gasteiger partial charge on any atom is -0.319 e. The molecule has 0 aliphatic carbocycles. The van der Waals surface area contributed by atoms with Crippen LogP contribution in [0.2, 0.25) is 0 Å².